The van der Waals surface area contributed by atoms with Gasteiger partial charge in [0.1, 0.15) is 11.9 Å². The van der Waals surface area contributed by atoms with E-state index in [1.165, 1.54) is 24.4 Å². The maximum Gasteiger partial charge on any atom is 0.573 e. The summed E-state index contributed by atoms with van der Waals surface area (Å²) in [6, 6.07) is 3.91. The van der Waals surface area contributed by atoms with Crippen molar-refractivity contribution in [2.75, 3.05) is 7.05 Å². The van der Waals surface area contributed by atoms with Crippen molar-refractivity contribution in [3.8, 4) is 11.4 Å². The van der Waals surface area contributed by atoms with Gasteiger partial charge in [-0.15, -0.1) is 13.2 Å². The van der Waals surface area contributed by atoms with E-state index >= 15 is 0 Å². The Kier molecular flexibility index (Phi) is 4.34. The first-order valence-electron chi connectivity index (χ1n) is 7.14. The maximum absolute atomic E-state index is 13.6. The van der Waals surface area contributed by atoms with Crippen LogP contribution >= 0.6 is 0 Å². The molecular weight excluding hydrogens is 368 g/mol. The van der Waals surface area contributed by atoms with Gasteiger partial charge in [0.25, 0.3) is 0 Å². The first-order chi connectivity index (χ1) is 12.0. The fourth-order valence-electron chi connectivity index (χ4n) is 2.45. The van der Waals surface area contributed by atoms with E-state index in [9.17, 15) is 26.3 Å². The lowest BCUT2D eigenvalue weighted by atomic mass is 10.1. The lowest BCUT2D eigenvalue weighted by Gasteiger charge is -2.16. The monoisotopic (exact) mass is 379 g/mol. The average Bonchev–Trinajstić information content (AvgIpc) is 3.12. The molecule has 1 aromatic carbocycles. The molecule has 1 unspecified atom stereocenters. The van der Waals surface area contributed by atoms with Crippen LogP contribution in [0.3, 0.4) is 0 Å². The number of hydrogen-bond acceptors (Lipinski definition) is 4. The zero-order valence-electron chi connectivity index (χ0n) is 13.0. The van der Waals surface area contributed by atoms with E-state index in [0.29, 0.717) is 4.68 Å². The second-order valence-electron chi connectivity index (χ2n) is 5.31. The average molecular weight is 379 g/mol. The van der Waals surface area contributed by atoms with Crippen molar-refractivity contribution in [3.05, 3.63) is 54.0 Å². The van der Waals surface area contributed by atoms with Gasteiger partial charge in [-0.3, -0.25) is 9.90 Å². The molecule has 0 fully saturated rings. The topological polar surface area (TPSA) is 39.5 Å². The zero-order chi connectivity index (χ0) is 19.1. The Morgan fingerprint density at radius 1 is 1.08 bits per heavy atom. The predicted molar refractivity (Wildman–Crippen MR) is 76.0 cm³/mol. The maximum atomic E-state index is 13.6. The smallest absolute Gasteiger partial charge is 0.406 e. The van der Waals surface area contributed by atoms with Crippen LogP contribution < -0.4 is 4.74 Å². The van der Waals surface area contributed by atoms with Gasteiger partial charge in [0, 0.05) is 18.8 Å². The third-order valence-electron chi connectivity index (χ3n) is 3.44. The Bertz CT molecular complexity index is 810. The van der Waals surface area contributed by atoms with Crippen molar-refractivity contribution in [1.82, 2.24) is 14.8 Å². The van der Waals surface area contributed by atoms with Gasteiger partial charge in [-0.2, -0.15) is 18.3 Å². The fourth-order valence-corrected chi connectivity index (χ4v) is 2.45. The van der Waals surface area contributed by atoms with Crippen molar-refractivity contribution in [2.24, 2.45) is 0 Å². The normalized spacial score (nSPS) is 17.8. The summed E-state index contributed by atoms with van der Waals surface area (Å²) < 4.78 is 81.5. The summed E-state index contributed by atoms with van der Waals surface area (Å²) in [6.45, 7) is 0. The number of aromatic nitrogens is 2. The fraction of sp³-hybridized carbons (Fsp3) is 0.267. The summed E-state index contributed by atoms with van der Waals surface area (Å²) in [5, 5.41) is 4.98. The van der Waals surface area contributed by atoms with Crippen LogP contribution in [-0.2, 0) is 11.0 Å². The number of halogens is 6. The van der Waals surface area contributed by atoms with Crippen LogP contribution in [0.15, 0.2) is 42.7 Å². The Labute approximate surface area is 143 Å². The van der Waals surface area contributed by atoms with E-state index in [1.54, 1.807) is 0 Å². The molecule has 0 saturated heterocycles. The second kappa shape index (κ2) is 6.24. The minimum Gasteiger partial charge on any atom is -0.406 e. The number of ether oxygens (including phenoxy) is 1. The first-order valence-corrected chi connectivity index (χ1v) is 7.14. The first kappa shape index (κ1) is 18.1. The van der Waals surface area contributed by atoms with Crippen molar-refractivity contribution in [1.29, 1.82) is 0 Å². The van der Waals surface area contributed by atoms with E-state index in [2.05, 4.69) is 9.84 Å². The van der Waals surface area contributed by atoms with Crippen LogP contribution in [0, 0.1) is 0 Å². The summed E-state index contributed by atoms with van der Waals surface area (Å²) in [7, 11) is 1.52. The highest BCUT2D eigenvalue weighted by Gasteiger charge is 2.41. The van der Waals surface area contributed by atoms with Crippen LogP contribution in [-0.4, -0.2) is 28.3 Å². The highest BCUT2D eigenvalue weighted by atomic mass is 19.4. The lowest BCUT2D eigenvalue weighted by molar-refractivity contribution is -0.274. The van der Waals surface area contributed by atoms with E-state index in [1.807, 2.05) is 0 Å². The molecule has 0 radical (unpaired) electrons. The van der Waals surface area contributed by atoms with E-state index in [-0.39, 0.29) is 11.3 Å². The van der Waals surface area contributed by atoms with Gasteiger partial charge in [0.15, 0.2) is 5.69 Å². The largest absolute Gasteiger partial charge is 0.573 e. The molecule has 5 nitrogen and oxygen atoms in total. The van der Waals surface area contributed by atoms with Crippen molar-refractivity contribution in [2.45, 2.75) is 18.6 Å². The molecule has 0 spiro atoms. The van der Waals surface area contributed by atoms with Crippen molar-refractivity contribution >= 4 is 0 Å². The number of rotatable bonds is 3. The summed E-state index contributed by atoms with van der Waals surface area (Å²) >= 11 is 0. The molecule has 1 aliphatic rings. The minimum absolute atomic E-state index is 0.0755. The van der Waals surface area contributed by atoms with Gasteiger partial charge in [0.2, 0.25) is 0 Å². The van der Waals surface area contributed by atoms with E-state index in [4.69, 9.17) is 4.84 Å². The number of benzene rings is 1. The Hall–Kier alpha value is -2.69. The van der Waals surface area contributed by atoms with Gasteiger partial charge in [-0.1, -0.05) is 0 Å². The second-order valence-corrected chi connectivity index (χ2v) is 5.31. The number of hydroxylamine groups is 2. The molecule has 3 rings (SSSR count). The van der Waals surface area contributed by atoms with Gasteiger partial charge in [-0.05, 0) is 30.3 Å². The third-order valence-corrected chi connectivity index (χ3v) is 3.44. The highest BCUT2D eigenvalue weighted by molar-refractivity contribution is 5.41. The van der Waals surface area contributed by atoms with Crippen LogP contribution in [0.2, 0.25) is 0 Å². The molecule has 0 N–H and O–H groups in total. The van der Waals surface area contributed by atoms with E-state index < -0.39 is 30.1 Å². The third kappa shape index (κ3) is 3.77. The summed E-state index contributed by atoms with van der Waals surface area (Å²) in [6.07, 6.45) is -6.72. The summed E-state index contributed by atoms with van der Waals surface area (Å²) in [4.78, 5) is 5.23. The molecule has 0 aliphatic carbocycles. The lowest BCUT2D eigenvalue weighted by Crippen LogP contribution is -2.18. The highest BCUT2D eigenvalue weighted by Crippen LogP contribution is 2.39. The standard InChI is InChI=1S/C15H11F6N3O2/c1-23-7-6-12(26-23)11-8-22-24(13(11)14(16,17)18)9-2-4-10(5-3-9)25-15(19,20)21/h2-8,12H,1H3. The molecule has 0 bridgehead atoms. The van der Waals surface area contributed by atoms with Crippen LogP contribution in [0.1, 0.15) is 17.4 Å². The molecule has 2 aromatic rings. The molecule has 1 aromatic heterocycles. The SMILES string of the molecule is CN1C=CC(c2cnn(-c3ccc(OC(F)(F)F)cc3)c2C(F)(F)F)O1. The molecule has 0 amide bonds. The molecule has 1 aliphatic heterocycles. The molecule has 0 saturated carbocycles. The Balaban J connectivity index is 1.98. The number of nitrogens with zero attached hydrogens (tertiary/aromatic N) is 3. The predicted octanol–water partition coefficient (Wildman–Crippen LogP) is 4.22. The van der Waals surface area contributed by atoms with E-state index in [0.717, 1.165) is 30.5 Å². The molecule has 140 valence electrons. The van der Waals surface area contributed by atoms with Crippen LogP contribution in [0.4, 0.5) is 26.3 Å². The summed E-state index contributed by atoms with van der Waals surface area (Å²) in [5.74, 6) is -0.550. The van der Waals surface area contributed by atoms with Crippen LogP contribution in [0.25, 0.3) is 5.69 Å². The summed E-state index contributed by atoms with van der Waals surface area (Å²) in [5.41, 5.74) is -1.37. The molecule has 1 atom stereocenters. The van der Waals surface area contributed by atoms with Crippen molar-refractivity contribution < 1.29 is 35.9 Å². The molecular formula is C15H11F6N3O2. The van der Waals surface area contributed by atoms with Gasteiger partial charge >= 0.3 is 12.5 Å². The minimum atomic E-state index is -4.89. The number of hydrogen-bond donors (Lipinski definition) is 0. The van der Waals surface area contributed by atoms with Gasteiger partial charge < -0.3 is 4.74 Å². The van der Waals surface area contributed by atoms with Gasteiger partial charge in [0.05, 0.1) is 11.9 Å². The van der Waals surface area contributed by atoms with Crippen LogP contribution in [0.5, 0.6) is 5.75 Å². The molecule has 11 heteroatoms. The Morgan fingerprint density at radius 2 is 1.73 bits per heavy atom. The zero-order valence-corrected chi connectivity index (χ0v) is 13.0. The molecule has 26 heavy (non-hydrogen) atoms. The number of alkyl halides is 6. The van der Waals surface area contributed by atoms with Gasteiger partial charge in [-0.25, -0.2) is 4.68 Å². The molecule has 2 heterocycles. The quantitative estimate of drug-likeness (QED) is 0.749. The van der Waals surface area contributed by atoms with Crippen molar-refractivity contribution in [3.63, 3.8) is 0 Å². The Morgan fingerprint density at radius 3 is 2.23 bits per heavy atom.